The molecular formula is C14H11ClF2N2O2. The molecule has 2 aromatic rings. The van der Waals surface area contributed by atoms with Gasteiger partial charge in [0.1, 0.15) is 23.1 Å². The fourth-order valence-electron chi connectivity index (χ4n) is 1.66. The Labute approximate surface area is 124 Å². The van der Waals surface area contributed by atoms with Crippen molar-refractivity contribution in [2.75, 3.05) is 18.2 Å². The van der Waals surface area contributed by atoms with Crippen molar-refractivity contribution in [2.45, 2.75) is 0 Å². The minimum atomic E-state index is -0.992. The van der Waals surface area contributed by atoms with E-state index in [1.165, 1.54) is 25.3 Å². The number of anilines is 2. The number of ether oxygens (including phenoxy) is 1. The maximum absolute atomic E-state index is 13.3. The van der Waals surface area contributed by atoms with Gasteiger partial charge in [-0.2, -0.15) is 0 Å². The van der Waals surface area contributed by atoms with Crippen molar-refractivity contribution in [2.24, 2.45) is 0 Å². The van der Waals surface area contributed by atoms with Gasteiger partial charge >= 0.3 is 0 Å². The second kappa shape index (κ2) is 5.97. The number of nitrogen functional groups attached to an aromatic ring is 1. The first-order valence-corrected chi connectivity index (χ1v) is 6.19. The van der Waals surface area contributed by atoms with E-state index in [1.807, 2.05) is 0 Å². The molecule has 7 heteroatoms. The molecule has 0 spiro atoms. The van der Waals surface area contributed by atoms with E-state index in [-0.39, 0.29) is 5.56 Å². The Hall–Kier alpha value is -2.34. The highest BCUT2D eigenvalue weighted by molar-refractivity contribution is 6.32. The third kappa shape index (κ3) is 3.22. The number of carbonyl (C=O) groups is 1. The quantitative estimate of drug-likeness (QED) is 0.853. The highest BCUT2D eigenvalue weighted by Gasteiger charge is 2.14. The van der Waals surface area contributed by atoms with Gasteiger partial charge in [-0.15, -0.1) is 0 Å². The third-order valence-corrected chi connectivity index (χ3v) is 3.06. The number of hydrogen-bond donors (Lipinski definition) is 2. The summed E-state index contributed by atoms with van der Waals surface area (Å²) >= 11 is 5.86. The maximum atomic E-state index is 13.3. The van der Waals surface area contributed by atoms with Gasteiger partial charge in [0.2, 0.25) is 0 Å². The van der Waals surface area contributed by atoms with Crippen molar-refractivity contribution in [3.8, 4) is 5.75 Å². The zero-order valence-electron chi connectivity index (χ0n) is 10.9. The predicted molar refractivity (Wildman–Crippen MR) is 76.7 cm³/mol. The minimum Gasteiger partial charge on any atom is -0.495 e. The molecule has 110 valence electrons. The molecule has 0 radical (unpaired) electrons. The van der Waals surface area contributed by atoms with Crippen LogP contribution in [0.4, 0.5) is 20.2 Å². The Bertz CT molecular complexity index is 684. The van der Waals surface area contributed by atoms with Crippen molar-refractivity contribution >= 4 is 28.9 Å². The molecule has 4 nitrogen and oxygen atoms in total. The highest BCUT2D eigenvalue weighted by Crippen LogP contribution is 2.27. The third-order valence-electron chi connectivity index (χ3n) is 2.75. The monoisotopic (exact) mass is 312 g/mol. The van der Waals surface area contributed by atoms with E-state index in [1.54, 1.807) is 0 Å². The van der Waals surface area contributed by atoms with Gasteiger partial charge in [-0.1, -0.05) is 11.6 Å². The summed E-state index contributed by atoms with van der Waals surface area (Å²) in [5.74, 6) is -2.30. The van der Waals surface area contributed by atoms with Crippen LogP contribution in [0.1, 0.15) is 10.4 Å². The van der Waals surface area contributed by atoms with Gasteiger partial charge in [0, 0.05) is 17.3 Å². The Morgan fingerprint density at radius 1 is 1.24 bits per heavy atom. The first kappa shape index (κ1) is 15.1. The van der Waals surface area contributed by atoms with Crippen molar-refractivity contribution in [1.82, 2.24) is 0 Å². The lowest BCUT2D eigenvalue weighted by molar-refractivity contribution is 0.102. The number of nitrogens with two attached hydrogens (primary N) is 1. The molecule has 2 aromatic carbocycles. The van der Waals surface area contributed by atoms with Crippen molar-refractivity contribution in [3.05, 3.63) is 52.6 Å². The summed E-state index contributed by atoms with van der Waals surface area (Å²) in [4.78, 5) is 12.0. The summed E-state index contributed by atoms with van der Waals surface area (Å²) in [7, 11) is 1.43. The Kier molecular flexibility index (Phi) is 4.28. The summed E-state index contributed by atoms with van der Waals surface area (Å²) in [6, 6.07) is 6.28. The van der Waals surface area contributed by atoms with Gasteiger partial charge in [0.25, 0.3) is 5.91 Å². The molecule has 1 amide bonds. The van der Waals surface area contributed by atoms with Crippen LogP contribution in [0, 0.1) is 11.6 Å². The summed E-state index contributed by atoms with van der Waals surface area (Å²) in [6.45, 7) is 0. The minimum absolute atomic E-state index is 0.187. The number of methoxy groups -OCH3 is 1. The molecule has 2 rings (SSSR count). The lowest BCUT2D eigenvalue weighted by Gasteiger charge is -2.09. The Morgan fingerprint density at radius 3 is 2.43 bits per heavy atom. The predicted octanol–water partition coefficient (Wildman–Crippen LogP) is 3.46. The fourth-order valence-corrected chi connectivity index (χ4v) is 1.85. The molecular weight excluding hydrogens is 302 g/mol. The molecule has 0 aliphatic carbocycles. The van der Waals surface area contributed by atoms with E-state index in [0.717, 1.165) is 12.1 Å². The lowest BCUT2D eigenvalue weighted by atomic mass is 10.1. The smallest absolute Gasteiger partial charge is 0.255 e. The van der Waals surface area contributed by atoms with E-state index in [4.69, 9.17) is 22.1 Å². The highest BCUT2D eigenvalue weighted by atomic mass is 35.5. The Morgan fingerprint density at radius 2 is 1.86 bits per heavy atom. The van der Waals surface area contributed by atoms with Crippen LogP contribution < -0.4 is 15.8 Å². The van der Waals surface area contributed by atoms with Crippen molar-refractivity contribution < 1.29 is 18.3 Å². The molecule has 0 fully saturated rings. The van der Waals surface area contributed by atoms with Crippen LogP contribution in [-0.4, -0.2) is 13.0 Å². The van der Waals surface area contributed by atoms with E-state index in [9.17, 15) is 13.6 Å². The van der Waals surface area contributed by atoms with E-state index in [2.05, 4.69) is 5.32 Å². The van der Waals surface area contributed by atoms with E-state index >= 15 is 0 Å². The zero-order chi connectivity index (χ0) is 15.6. The molecule has 0 aliphatic rings. The van der Waals surface area contributed by atoms with Crippen LogP contribution >= 0.6 is 11.6 Å². The molecule has 0 heterocycles. The van der Waals surface area contributed by atoms with Crippen LogP contribution in [-0.2, 0) is 0 Å². The molecule has 0 saturated heterocycles. The molecule has 0 saturated carbocycles. The fraction of sp³-hybridized carbons (Fsp3) is 0.0714. The van der Waals surface area contributed by atoms with Crippen LogP contribution in [0.5, 0.6) is 5.75 Å². The van der Waals surface area contributed by atoms with Gasteiger partial charge < -0.3 is 15.8 Å². The number of benzene rings is 2. The summed E-state index contributed by atoms with van der Waals surface area (Å²) < 4.78 is 31.7. The van der Waals surface area contributed by atoms with Crippen LogP contribution in [0.25, 0.3) is 0 Å². The summed E-state index contributed by atoms with van der Waals surface area (Å²) in [5, 5.41) is 2.86. The lowest BCUT2D eigenvalue weighted by Crippen LogP contribution is -2.13. The number of nitrogens with one attached hydrogen (secondary N) is 1. The van der Waals surface area contributed by atoms with Gasteiger partial charge in [0.15, 0.2) is 0 Å². The zero-order valence-corrected chi connectivity index (χ0v) is 11.7. The molecule has 3 N–H and O–H groups in total. The number of amides is 1. The number of carbonyl (C=O) groups excluding carboxylic acids is 1. The number of rotatable bonds is 3. The second-order valence-electron chi connectivity index (χ2n) is 4.16. The molecule has 0 aliphatic heterocycles. The first-order chi connectivity index (χ1) is 9.92. The van der Waals surface area contributed by atoms with Gasteiger partial charge in [-0.3, -0.25) is 4.79 Å². The molecule has 0 bridgehead atoms. The largest absolute Gasteiger partial charge is 0.495 e. The molecule has 0 atom stereocenters. The number of halogens is 3. The van der Waals surface area contributed by atoms with E-state index in [0.29, 0.717) is 16.5 Å². The summed E-state index contributed by atoms with van der Waals surface area (Å²) in [5.41, 5.74) is 4.71. The molecule has 21 heavy (non-hydrogen) atoms. The topological polar surface area (TPSA) is 64.3 Å². The number of hydrogen-bond acceptors (Lipinski definition) is 3. The summed E-state index contributed by atoms with van der Waals surface area (Å²) in [6.07, 6.45) is 0. The van der Waals surface area contributed by atoms with Crippen LogP contribution in [0.3, 0.4) is 0 Å². The SMILES string of the molecule is COc1cc(NC(=O)c2cc(F)c(N)c(F)c2)ccc1Cl. The average Bonchev–Trinajstić information content (AvgIpc) is 2.46. The van der Waals surface area contributed by atoms with Crippen molar-refractivity contribution in [1.29, 1.82) is 0 Å². The maximum Gasteiger partial charge on any atom is 0.255 e. The van der Waals surface area contributed by atoms with Gasteiger partial charge in [0.05, 0.1) is 12.1 Å². The van der Waals surface area contributed by atoms with Crippen LogP contribution in [0.15, 0.2) is 30.3 Å². The van der Waals surface area contributed by atoms with Gasteiger partial charge in [-0.05, 0) is 24.3 Å². The average molecular weight is 313 g/mol. The van der Waals surface area contributed by atoms with Crippen LogP contribution in [0.2, 0.25) is 5.02 Å². The molecule has 0 unspecified atom stereocenters. The molecule has 0 aromatic heterocycles. The standard InChI is InChI=1S/C14H11ClF2N2O2/c1-21-12-6-8(2-3-9(12)15)19-14(20)7-4-10(16)13(18)11(17)5-7/h2-6H,18H2,1H3,(H,19,20). The second-order valence-corrected chi connectivity index (χ2v) is 4.56. The normalized spacial score (nSPS) is 10.3. The first-order valence-electron chi connectivity index (χ1n) is 5.81. The van der Waals surface area contributed by atoms with E-state index < -0.39 is 23.2 Å². The Balaban J connectivity index is 2.26. The van der Waals surface area contributed by atoms with Crippen molar-refractivity contribution in [3.63, 3.8) is 0 Å². The van der Waals surface area contributed by atoms with Gasteiger partial charge in [-0.25, -0.2) is 8.78 Å².